The summed E-state index contributed by atoms with van der Waals surface area (Å²) in [4.78, 5) is 11.4. The zero-order chi connectivity index (χ0) is 21.5. The third-order valence-electron chi connectivity index (χ3n) is 9.17. The van der Waals surface area contributed by atoms with Crippen molar-refractivity contribution in [2.45, 2.75) is 88.4 Å². The Morgan fingerprint density at radius 3 is 2.80 bits per heavy atom. The lowest BCUT2D eigenvalue weighted by Gasteiger charge is -2.62. The lowest BCUT2D eigenvalue weighted by molar-refractivity contribution is -0.216. The molecule has 1 saturated heterocycles. The number of carbonyl (C=O) groups is 1. The van der Waals surface area contributed by atoms with Gasteiger partial charge in [-0.05, 0) is 63.4 Å². The number of ketones is 1. The summed E-state index contributed by atoms with van der Waals surface area (Å²) >= 11 is 1.68. The fourth-order valence-corrected chi connectivity index (χ4v) is 9.01. The lowest BCUT2D eigenvalue weighted by Crippen LogP contribution is -2.68. The van der Waals surface area contributed by atoms with Crippen molar-refractivity contribution in [3.63, 3.8) is 0 Å². The molecule has 4 fully saturated rings. The van der Waals surface area contributed by atoms with E-state index in [1.165, 1.54) is 6.08 Å². The maximum absolute atomic E-state index is 17.1. The highest BCUT2D eigenvalue weighted by atomic mass is 32.2. The Kier molecular flexibility index (Phi) is 4.70. The molecule has 0 aromatic carbocycles. The molecular formula is C24H33FO4S. The molecule has 0 spiro atoms. The summed E-state index contributed by atoms with van der Waals surface area (Å²) in [5.41, 5.74) is -2.28. The normalized spacial score (nSPS) is 54.3. The molecular weight excluding hydrogens is 403 g/mol. The van der Waals surface area contributed by atoms with Crippen LogP contribution in [0.25, 0.3) is 0 Å². The Labute approximate surface area is 182 Å². The zero-order valence-electron chi connectivity index (χ0n) is 18.3. The van der Waals surface area contributed by atoms with Crippen LogP contribution in [-0.4, -0.2) is 46.2 Å². The Bertz CT molecular complexity index is 828. The van der Waals surface area contributed by atoms with Gasteiger partial charge in [-0.1, -0.05) is 31.9 Å². The lowest BCUT2D eigenvalue weighted by atomic mass is 9.45. The van der Waals surface area contributed by atoms with Gasteiger partial charge in [0.2, 0.25) is 0 Å². The molecule has 1 N–H and O–H groups in total. The molecule has 6 heteroatoms. The van der Waals surface area contributed by atoms with E-state index in [2.05, 4.69) is 20.1 Å². The van der Waals surface area contributed by atoms with Crippen LogP contribution in [0.3, 0.4) is 0 Å². The van der Waals surface area contributed by atoms with Gasteiger partial charge in [-0.15, -0.1) is 11.8 Å². The SMILES string of the molecule is CCC[C@@H]1O[C@@H]2CC3C4CCC5=CC(=O)C=C[C@]5(C)[C@@]4(F)[C@@H](O)C[C@]3(C)[C@]2(SC)O1. The molecule has 0 aromatic rings. The Morgan fingerprint density at radius 2 is 2.10 bits per heavy atom. The summed E-state index contributed by atoms with van der Waals surface area (Å²) < 4.78 is 30.1. The summed E-state index contributed by atoms with van der Waals surface area (Å²) in [5, 5.41) is 11.4. The minimum absolute atomic E-state index is 0.0651. The molecule has 3 saturated carbocycles. The van der Waals surface area contributed by atoms with Gasteiger partial charge in [0.25, 0.3) is 0 Å². The van der Waals surface area contributed by atoms with Gasteiger partial charge in [0.1, 0.15) is 4.93 Å². The smallest absolute Gasteiger partial charge is 0.178 e. The average Bonchev–Trinajstić information content (AvgIpc) is 3.16. The maximum atomic E-state index is 17.1. The number of fused-ring (bicyclic) bond motifs is 7. The van der Waals surface area contributed by atoms with Crippen molar-refractivity contribution >= 4 is 17.5 Å². The third-order valence-corrected chi connectivity index (χ3v) is 10.6. The van der Waals surface area contributed by atoms with E-state index in [0.29, 0.717) is 19.3 Å². The first kappa shape index (κ1) is 21.2. The van der Waals surface area contributed by atoms with Gasteiger partial charge in [0.15, 0.2) is 17.7 Å². The van der Waals surface area contributed by atoms with E-state index in [0.717, 1.165) is 24.8 Å². The number of allylic oxidation sites excluding steroid dienone is 4. The number of rotatable bonds is 3. The van der Waals surface area contributed by atoms with E-state index in [-0.39, 0.29) is 35.4 Å². The highest BCUT2D eigenvalue weighted by Gasteiger charge is 2.77. The highest BCUT2D eigenvalue weighted by molar-refractivity contribution is 7.99. The predicted molar refractivity (Wildman–Crippen MR) is 115 cm³/mol. The molecule has 9 atom stereocenters. The van der Waals surface area contributed by atoms with Crippen molar-refractivity contribution in [3.05, 3.63) is 23.8 Å². The maximum Gasteiger partial charge on any atom is 0.178 e. The first-order valence-corrected chi connectivity index (χ1v) is 12.6. The Morgan fingerprint density at radius 1 is 1.33 bits per heavy atom. The van der Waals surface area contributed by atoms with Gasteiger partial charge in [0.05, 0.1) is 12.2 Å². The Balaban J connectivity index is 1.56. The van der Waals surface area contributed by atoms with E-state index in [9.17, 15) is 9.90 Å². The standard InChI is InChI=1S/C24H33FO4S/c1-5-6-20-28-19-12-17-16-8-7-14-11-15(26)9-10-21(14,2)23(16,25)18(27)13-22(17,3)24(19,29-20)30-4/h9-11,16-20,27H,5-8,12-13H2,1-4H3/t16?,17?,18-,19+,20+,21-,22-,23-,24-/m0/s1. The minimum atomic E-state index is -1.79. The van der Waals surface area contributed by atoms with Crippen LogP contribution in [0, 0.1) is 22.7 Å². The first-order chi connectivity index (χ1) is 14.2. The monoisotopic (exact) mass is 436 g/mol. The molecule has 1 heterocycles. The molecule has 166 valence electrons. The van der Waals surface area contributed by atoms with E-state index in [1.807, 2.05) is 6.92 Å². The van der Waals surface area contributed by atoms with Crippen LogP contribution < -0.4 is 0 Å². The zero-order valence-corrected chi connectivity index (χ0v) is 19.1. The van der Waals surface area contributed by atoms with Crippen molar-refractivity contribution in [1.82, 2.24) is 0 Å². The van der Waals surface area contributed by atoms with E-state index < -0.39 is 22.1 Å². The van der Waals surface area contributed by atoms with Gasteiger partial charge in [-0.2, -0.15) is 0 Å². The number of aliphatic hydroxyl groups is 1. The number of carbonyl (C=O) groups excluding carboxylic acids is 1. The molecule has 0 bridgehead atoms. The fourth-order valence-electron chi connectivity index (χ4n) is 7.69. The van der Waals surface area contributed by atoms with Crippen LogP contribution in [0.15, 0.2) is 23.8 Å². The van der Waals surface area contributed by atoms with Crippen LogP contribution in [0.1, 0.15) is 59.3 Å². The van der Waals surface area contributed by atoms with E-state index in [1.54, 1.807) is 23.9 Å². The van der Waals surface area contributed by atoms with Crippen LogP contribution in [0.2, 0.25) is 0 Å². The third kappa shape index (κ3) is 2.32. The number of halogens is 1. The molecule has 4 aliphatic carbocycles. The fraction of sp³-hybridized carbons (Fsp3) is 0.792. The number of hydrogen-bond donors (Lipinski definition) is 1. The molecule has 30 heavy (non-hydrogen) atoms. The predicted octanol–water partition coefficient (Wildman–Crippen LogP) is 4.57. The van der Waals surface area contributed by atoms with Crippen LogP contribution in [0.4, 0.5) is 4.39 Å². The van der Waals surface area contributed by atoms with Gasteiger partial charge in [-0.3, -0.25) is 4.79 Å². The van der Waals surface area contributed by atoms with Crippen LogP contribution in [0.5, 0.6) is 0 Å². The summed E-state index contributed by atoms with van der Waals surface area (Å²) in [6.07, 6.45) is 9.70. The molecule has 0 aromatic heterocycles. The summed E-state index contributed by atoms with van der Waals surface area (Å²) in [7, 11) is 0. The van der Waals surface area contributed by atoms with E-state index in [4.69, 9.17) is 9.47 Å². The van der Waals surface area contributed by atoms with Crippen molar-refractivity contribution in [2.75, 3.05) is 6.26 Å². The Hall–Kier alpha value is -0.690. The number of hydrogen-bond acceptors (Lipinski definition) is 5. The highest BCUT2D eigenvalue weighted by Crippen LogP contribution is 2.73. The second-order valence-corrected chi connectivity index (χ2v) is 11.3. The van der Waals surface area contributed by atoms with Gasteiger partial charge < -0.3 is 14.6 Å². The van der Waals surface area contributed by atoms with Gasteiger partial charge in [0, 0.05) is 16.7 Å². The minimum Gasteiger partial charge on any atom is -0.390 e. The van der Waals surface area contributed by atoms with Crippen molar-refractivity contribution in [3.8, 4) is 0 Å². The van der Waals surface area contributed by atoms with Gasteiger partial charge in [-0.25, -0.2) is 4.39 Å². The number of aliphatic hydroxyl groups excluding tert-OH is 1. The molecule has 5 rings (SSSR count). The largest absolute Gasteiger partial charge is 0.390 e. The summed E-state index contributed by atoms with van der Waals surface area (Å²) in [6, 6.07) is 0. The molecule has 5 aliphatic rings. The molecule has 0 amide bonds. The second kappa shape index (κ2) is 6.66. The summed E-state index contributed by atoms with van der Waals surface area (Å²) in [5.74, 6) is -0.312. The number of alkyl halides is 1. The van der Waals surface area contributed by atoms with Crippen molar-refractivity contribution in [2.24, 2.45) is 22.7 Å². The molecule has 4 nitrogen and oxygen atoms in total. The summed E-state index contributed by atoms with van der Waals surface area (Å²) in [6.45, 7) is 6.17. The number of ether oxygens (including phenoxy) is 2. The number of thioether (sulfide) groups is 1. The van der Waals surface area contributed by atoms with Crippen LogP contribution in [-0.2, 0) is 14.3 Å². The van der Waals surface area contributed by atoms with Crippen LogP contribution >= 0.6 is 11.8 Å². The molecule has 2 unspecified atom stereocenters. The van der Waals surface area contributed by atoms with E-state index >= 15 is 4.39 Å². The van der Waals surface area contributed by atoms with Crippen molar-refractivity contribution < 1.29 is 23.8 Å². The first-order valence-electron chi connectivity index (χ1n) is 11.4. The second-order valence-electron chi connectivity index (χ2n) is 10.3. The molecule has 0 radical (unpaired) electrons. The van der Waals surface area contributed by atoms with Crippen molar-refractivity contribution in [1.29, 1.82) is 0 Å². The van der Waals surface area contributed by atoms with Gasteiger partial charge >= 0.3 is 0 Å². The topological polar surface area (TPSA) is 55.8 Å². The average molecular weight is 437 g/mol. The quantitative estimate of drug-likeness (QED) is 0.702. The molecule has 1 aliphatic heterocycles.